The van der Waals surface area contributed by atoms with Crippen molar-refractivity contribution in [2.24, 2.45) is 5.73 Å². The molecule has 0 bridgehead atoms. The molecule has 3 N–H and O–H groups in total. The van der Waals surface area contributed by atoms with Gasteiger partial charge in [-0.3, -0.25) is 0 Å². The summed E-state index contributed by atoms with van der Waals surface area (Å²) in [5.74, 6) is 0.660. The predicted molar refractivity (Wildman–Crippen MR) is 57.8 cm³/mol. The SMILES string of the molecule is COCCOc1ccccc1[C@@H](O)CN. The van der Waals surface area contributed by atoms with Crippen molar-refractivity contribution in [3.05, 3.63) is 29.8 Å². The maximum absolute atomic E-state index is 9.63. The Balaban J connectivity index is 2.68. The first-order valence-electron chi connectivity index (χ1n) is 4.88. The van der Waals surface area contributed by atoms with Gasteiger partial charge in [0.1, 0.15) is 12.4 Å². The summed E-state index contributed by atoms with van der Waals surface area (Å²) in [4.78, 5) is 0. The van der Waals surface area contributed by atoms with Crippen LogP contribution in [0.5, 0.6) is 5.75 Å². The van der Waals surface area contributed by atoms with Crippen molar-refractivity contribution >= 4 is 0 Å². The fraction of sp³-hybridized carbons (Fsp3) is 0.455. The zero-order chi connectivity index (χ0) is 11.1. The minimum Gasteiger partial charge on any atom is -0.491 e. The molecule has 4 heteroatoms. The molecule has 0 radical (unpaired) electrons. The molecule has 0 unspecified atom stereocenters. The van der Waals surface area contributed by atoms with Gasteiger partial charge in [-0.25, -0.2) is 0 Å². The van der Waals surface area contributed by atoms with Crippen LogP contribution in [0.3, 0.4) is 0 Å². The monoisotopic (exact) mass is 211 g/mol. The van der Waals surface area contributed by atoms with Crippen LogP contribution in [-0.4, -0.2) is 32.0 Å². The molecular weight excluding hydrogens is 194 g/mol. The van der Waals surface area contributed by atoms with Gasteiger partial charge in [0, 0.05) is 19.2 Å². The minimum absolute atomic E-state index is 0.185. The van der Waals surface area contributed by atoms with E-state index in [-0.39, 0.29) is 6.54 Å². The summed E-state index contributed by atoms with van der Waals surface area (Å²) in [5, 5.41) is 9.63. The Morgan fingerprint density at radius 1 is 1.33 bits per heavy atom. The zero-order valence-corrected chi connectivity index (χ0v) is 8.85. The fourth-order valence-electron chi connectivity index (χ4n) is 1.25. The van der Waals surface area contributed by atoms with Gasteiger partial charge in [0.15, 0.2) is 0 Å². The van der Waals surface area contributed by atoms with Crippen LogP contribution in [0.2, 0.25) is 0 Å². The second-order valence-electron chi connectivity index (χ2n) is 3.13. The first-order valence-corrected chi connectivity index (χ1v) is 4.88. The predicted octanol–water partition coefficient (Wildman–Crippen LogP) is 0.704. The van der Waals surface area contributed by atoms with E-state index in [1.54, 1.807) is 13.2 Å². The topological polar surface area (TPSA) is 64.7 Å². The second kappa shape index (κ2) is 6.40. The lowest BCUT2D eigenvalue weighted by molar-refractivity contribution is 0.139. The number of benzene rings is 1. The van der Waals surface area contributed by atoms with E-state index in [0.717, 1.165) is 5.56 Å². The third-order valence-corrected chi connectivity index (χ3v) is 2.05. The largest absolute Gasteiger partial charge is 0.491 e. The number of aliphatic hydroxyl groups excluding tert-OH is 1. The van der Waals surface area contributed by atoms with Crippen molar-refractivity contribution in [1.82, 2.24) is 0 Å². The van der Waals surface area contributed by atoms with Gasteiger partial charge in [0.05, 0.1) is 12.7 Å². The molecule has 1 aromatic carbocycles. The molecule has 0 aliphatic carbocycles. The summed E-state index contributed by atoms with van der Waals surface area (Å²) < 4.78 is 10.3. The van der Waals surface area contributed by atoms with Gasteiger partial charge in [0.2, 0.25) is 0 Å². The number of hydrogen-bond donors (Lipinski definition) is 2. The van der Waals surface area contributed by atoms with Crippen LogP contribution < -0.4 is 10.5 Å². The lowest BCUT2D eigenvalue weighted by atomic mass is 10.1. The maximum Gasteiger partial charge on any atom is 0.125 e. The van der Waals surface area contributed by atoms with Crippen molar-refractivity contribution in [3.8, 4) is 5.75 Å². The third kappa shape index (κ3) is 3.51. The molecule has 0 amide bonds. The van der Waals surface area contributed by atoms with Crippen LogP contribution >= 0.6 is 0 Å². The van der Waals surface area contributed by atoms with Gasteiger partial charge in [-0.15, -0.1) is 0 Å². The van der Waals surface area contributed by atoms with E-state index < -0.39 is 6.10 Å². The fourth-order valence-corrected chi connectivity index (χ4v) is 1.25. The van der Waals surface area contributed by atoms with Gasteiger partial charge in [-0.1, -0.05) is 18.2 Å². The van der Waals surface area contributed by atoms with Crippen LogP contribution in [0.25, 0.3) is 0 Å². The molecule has 4 nitrogen and oxygen atoms in total. The Morgan fingerprint density at radius 2 is 2.07 bits per heavy atom. The summed E-state index contributed by atoms with van der Waals surface area (Å²) in [6.07, 6.45) is -0.677. The third-order valence-electron chi connectivity index (χ3n) is 2.05. The van der Waals surface area contributed by atoms with Crippen molar-refractivity contribution in [3.63, 3.8) is 0 Å². The quantitative estimate of drug-likeness (QED) is 0.680. The van der Waals surface area contributed by atoms with E-state index in [9.17, 15) is 5.11 Å². The Kier molecular flexibility index (Phi) is 5.10. The molecule has 1 atom stereocenters. The van der Waals surface area contributed by atoms with Crippen molar-refractivity contribution < 1.29 is 14.6 Å². The van der Waals surface area contributed by atoms with Crippen LogP contribution in [0, 0.1) is 0 Å². The molecule has 0 fully saturated rings. The van der Waals surface area contributed by atoms with Gasteiger partial charge in [0.25, 0.3) is 0 Å². The number of para-hydroxylation sites is 1. The molecule has 15 heavy (non-hydrogen) atoms. The van der Waals surface area contributed by atoms with Crippen LogP contribution in [0.1, 0.15) is 11.7 Å². The highest BCUT2D eigenvalue weighted by Crippen LogP contribution is 2.24. The molecule has 84 valence electrons. The van der Waals surface area contributed by atoms with Gasteiger partial charge >= 0.3 is 0 Å². The van der Waals surface area contributed by atoms with E-state index in [4.69, 9.17) is 15.2 Å². The molecule has 0 aliphatic heterocycles. The summed E-state index contributed by atoms with van der Waals surface area (Å²) in [6.45, 7) is 1.17. The van der Waals surface area contributed by atoms with Crippen LogP contribution in [-0.2, 0) is 4.74 Å². The molecule has 1 aromatic rings. The highest BCUT2D eigenvalue weighted by molar-refractivity contribution is 5.35. The number of rotatable bonds is 6. The normalized spacial score (nSPS) is 12.5. The smallest absolute Gasteiger partial charge is 0.125 e. The Hall–Kier alpha value is -1.10. The Bertz CT molecular complexity index is 291. The van der Waals surface area contributed by atoms with E-state index in [2.05, 4.69) is 0 Å². The second-order valence-corrected chi connectivity index (χ2v) is 3.13. The Morgan fingerprint density at radius 3 is 2.73 bits per heavy atom. The molecule has 1 rings (SSSR count). The van der Waals surface area contributed by atoms with Crippen LogP contribution in [0.4, 0.5) is 0 Å². The first-order chi connectivity index (χ1) is 7.29. The zero-order valence-electron chi connectivity index (χ0n) is 8.85. The number of methoxy groups -OCH3 is 1. The summed E-state index contributed by atoms with van der Waals surface area (Å²) >= 11 is 0. The summed E-state index contributed by atoms with van der Waals surface area (Å²) in [5.41, 5.74) is 6.12. The Labute approximate surface area is 89.6 Å². The summed E-state index contributed by atoms with van der Waals surface area (Å²) in [7, 11) is 1.62. The highest BCUT2D eigenvalue weighted by Gasteiger charge is 2.10. The number of nitrogens with two attached hydrogens (primary N) is 1. The summed E-state index contributed by atoms with van der Waals surface area (Å²) in [6, 6.07) is 7.32. The molecule has 0 spiro atoms. The van der Waals surface area contributed by atoms with Gasteiger partial charge in [-0.05, 0) is 6.07 Å². The highest BCUT2D eigenvalue weighted by atomic mass is 16.5. The number of aliphatic hydroxyl groups is 1. The van der Waals surface area contributed by atoms with Crippen molar-refractivity contribution in [2.75, 3.05) is 26.9 Å². The standard InChI is InChI=1S/C11H17NO3/c1-14-6-7-15-11-5-3-2-4-9(11)10(13)8-12/h2-5,10,13H,6-8,12H2,1H3/t10-/m0/s1. The van der Waals surface area contributed by atoms with E-state index in [1.807, 2.05) is 18.2 Å². The van der Waals surface area contributed by atoms with Crippen molar-refractivity contribution in [1.29, 1.82) is 0 Å². The lowest BCUT2D eigenvalue weighted by Crippen LogP contribution is -2.14. The van der Waals surface area contributed by atoms with Crippen LogP contribution in [0.15, 0.2) is 24.3 Å². The minimum atomic E-state index is -0.677. The van der Waals surface area contributed by atoms with E-state index in [1.165, 1.54) is 0 Å². The molecule has 0 saturated carbocycles. The molecular formula is C11H17NO3. The van der Waals surface area contributed by atoms with Gasteiger partial charge in [-0.2, -0.15) is 0 Å². The van der Waals surface area contributed by atoms with E-state index >= 15 is 0 Å². The molecule has 0 aliphatic rings. The molecule has 0 heterocycles. The first kappa shape index (κ1) is 12.0. The van der Waals surface area contributed by atoms with E-state index in [0.29, 0.717) is 19.0 Å². The average molecular weight is 211 g/mol. The molecule has 0 aromatic heterocycles. The number of ether oxygens (including phenoxy) is 2. The van der Waals surface area contributed by atoms with Crippen molar-refractivity contribution in [2.45, 2.75) is 6.10 Å². The molecule has 0 saturated heterocycles. The lowest BCUT2D eigenvalue weighted by Gasteiger charge is -2.14. The maximum atomic E-state index is 9.63. The van der Waals surface area contributed by atoms with Gasteiger partial charge < -0.3 is 20.3 Å². The number of hydrogen-bond acceptors (Lipinski definition) is 4. The average Bonchev–Trinajstić information content (AvgIpc) is 2.29.